The molecule has 1 fully saturated rings. The average Bonchev–Trinajstić information content (AvgIpc) is 2.98. The van der Waals surface area contributed by atoms with Gasteiger partial charge >= 0.3 is 0 Å². The lowest BCUT2D eigenvalue weighted by Crippen LogP contribution is -2.30. The van der Waals surface area contributed by atoms with Crippen molar-refractivity contribution in [2.75, 3.05) is 37.4 Å². The molecule has 2 aromatic heterocycles. The summed E-state index contributed by atoms with van der Waals surface area (Å²) >= 11 is 6.43. The molecule has 2 aromatic carbocycles. The first kappa shape index (κ1) is 29.0. The molecule has 218 valence electrons. The molecule has 4 aromatic rings. The monoisotopic (exact) mass is 593 g/mol. The molecule has 3 heterocycles. The van der Waals surface area contributed by atoms with Gasteiger partial charge in [-0.05, 0) is 80.4 Å². The normalized spacial score (nSPS) is 13.4. The second-order valence-corrected chi connectivity index (χ2v) is 10.1. The fraction of sp³-hybridized carbons (Fsp3) is 0.267. The van der Waals surface area contributed by atoms with E-state index in [4.69, 9.17) is 25.8 Å². The number of hydrogen-bond donors (Lipinski definition) is 3. The molecule has 1 saturated heterocycles. The van der Waals surface area contributed by atoms with Crippen LogP contribution in [0, 0.1) is 11.7 Å². The summed E-state index contributed by atoms with van der Waals surface area (Å²) < 4.78 is 30.8. The Bertz CT molecular complexity index is 1580. The van der Waals surface area contributed by atoms with Crippen LogP contribution < -0.4 is 30.2 Å². The molecule has 3 N–H and O–H groups in total. The van der Waals surface area contributed by atoms with Gasteiger partial charge in [0.15, 0.2) is 11.5 Å². The summed E-state index contributed by atoms with van der Waals surface area (Å²) in [5.41, 5.74) is 1.23. The number of ether oxygens (including phenoxy) is 3. The van der Waals surface area contributed by atoms with Crippen molar-refractivity contribution in [1.82, 2.24) is 15.3 Å². The lowest BCUT2D eigenvalue weighted by molar-refractivity contribution is -0.123. The lowest BCUT2D eigenvalue weighted by Gasteiger charge is -2.23. The number of aromatic nitrogens is 2. The molecule has 5 rings (SSSR count). The van der Waals surface area contributed by atoms with Crippen LogP contribution in [0.15, 0.2) is 60.9 Å². The van der Waals surface area contributed by atoms with Crippen molar-refractivity contribution in [2.45, 2.75) is 19.3 Å². The summed E-state index contributed by atoms with van der Waals surface area (Å²) in [7, 11) is 1.57. The highest BCUT2D eigenvalue weighted by Crippen LogP contribution is 2.40. The van der Waals surface area contributed by atoms with Gasteiger partial charge in [0.25, 0.3) is 0 Å². The Balaban J connectivity index is 1.24. The number of amides is 2. The average molecular weight is 594 g/mol. The van der Waals surface area contributed by atoms with Gasteiger partial charge in [0.05, 0.1) is 25.6 Å². The molecule has 0 radical (unpaired) electrons. The molecule has 1 aliphatic rings. The SMILES string of the molecule is COc1c(OCC2CCNCC2)ccc2c(Oc3ncc(NC(=O)CC(=O)Nc4ccc(F)cc4)cc3Cl)ccnc12. The zero-order valence-electron chi connectivity index (χ0n) is 22.8. The highest BCUT2D eigenvalue weighted by Gasteiger charge is 2.19. The number of piperidine rings is 1. The number of fused-ring (bicyclic) bond motifs is 1. The van der Waals surface area contributed by atoms with Gasteiger partial charge in [-0.2, -0.15) is 0 Å². The molecular formula is C30H29ClFN5O5. The van der Waals surface area contributed by atoms with Crippen LogP contribution in [-0.4, -0.2) is 48.6 Å². The van der Waals surface area contributed by atoms with E-state index in [0.29, 0.717) is 46.4 Å². The fourth-order valence-corrected chi connectivity index (χ4v) is 4.77. The van der Waals surface area contributed by atoms with Crippen molar-refractivity contribution in [1.29, 1.82) is 0 Å². The minimum atomic E-state index is -0.577. The van der Waals surface area contributed by atoms with Crippen molar-refractivity contribution in [3.8, 4) is 23.1 Å². The smallest absolute Gasteiger partial charge is 0.238 e. The zero-order valence-corrected chi connectivity index (χ0v) is 23.5. The number of nitrogens with one attached hydrogen (secondary N) is 3. The summed E-state index contributed by atoms with van der Waals surface area (Å²) in [5.74, 6) is 0.594. The predicted octanol–water partition coefficient (Wildman–Crippen LogP) is 5.57. The standard InChI is InChI=1S/C30H29ClFN5O5/c1-40-29-25(41-17-18-8-11-33-12-9-18)7-6-22-24(10-13-34-28(22)29)42-30-23(31)14-21(16-35-30)37-27(39)15-26(38)36-20-4-2-19(32)3-5-20/h2-7,10,13-14,16,18,33H,8-9,11-12,15,17H2,1H3,(H,36,38)(H,37,39). The third kappa shape index (κ3) is 7.23. The van der Waals surface area contributed by atoms with E-state index in [1.54, 1.807) is 19.4 Å². The van der Waals surface area contributed by atoms with Crippen LogP contribution in [-0.2, 0) is 9.59 Å². The van der Waals surface area contributed by atoms with Crippen LogP contribution in [0.5, 0.6) is 23.1 Å². The minimum Gasteiger partial charge on any atom is -0.491 e. The van der Waals surface area contributed by atoms with Crippen molar-refractivity contribution in [3.63, 3.8) is 0 Å². The quantitative estimate of drug-likeness (QED) is 0.204. The molecule has 12 heteroatoms. The van der Waals surface area contributed by atoms with E-state index in [9.17, 15) is 14.0 Å². The first-order valence-corrected chi connectivity index (χ1v) is 13.8. The maximum atomic E-state index is 13.0. The van der Waals surface area contributed by atoms with Crippen molar-refractivity contribution >= 4 is 45.7 Å². The summed E-state index contributed by atoms with van der Waals surface area (Å²) in [6.07, 6.45) is 4.63. The van der Waals surface area contributed by atoms with E-state index in [2.05, 4.69) is 25.9 Å². The van der Waals surface area contributed by atoms with Crippen molar-refractivity contribution < 1.29 is 28.2 Å². The molecular weight excluding hydrogens is 565 g/mol. The molecule has 10 nitrogen and oxygen atoms in total. The van der Waals surface area contributed by atoms with Gasteiger partial charge < -0.3 is 30.2 Å². The minimum absolute atomic E-state index is 0.112. The van der Waals surface area contributed by atoms with E-state index in [1.807, 2.05) is 12.1 Å². The maximum Gasteiger partial charge on any atom is 0.238 e. The first-order valence-electron chi connectivity index (χ1n) is 13.4. The molecule has 0 saturated carbocycles. The van der Waals surface area contributed by atoms with E-state index in [0.717, 1.165) is 25.9 Å². The summed E-state index contributed by atoms with van der Waals surface area (Å²) in [6.45, 7) is 2.58. The number of halogens is 2. The van der Waals surface area contributed by atoms with E-state index >= 15 is 0 Å². The van der Waals surface area contributed by atoms with Crippen LogP contribution in [0.4, 0.5) is 15.8 Å². The molecule has 1 aliphatic heterocycles. The molecule has 0 unspecified atom stereocenters. The fourth-order valence-electron chi connectivity index (χ4n) is 4.57. The molecule has 0 aliphatic carbocycles. The van der Waals surface area contributed by atoms with E-state index in [-0.39, 0.29) is 16.6 Å². The highest BCUT2D eigenvalue weighted by molar-refractivity contribution is 6.32. The summed E-state index contributed by atoms with van der Waals surface area (Å²) in [4.78, 5) is 33.2. The van der Waals surface area contributed by atoms with Gasteiger partial charge in [0.1, 0.15) is 28.5 Å². The first-order chi connectivity index (χ1) is 20.4. The van der Waals surface area contributed by atoms with Crippen molar-refractivity contribution in [3.05, 3.63) is 71.8 Å². The summed E-state index contributed by atoms with van der Waals surface area (Å²) in [5, 5.41) is 9.28. The van der Waals surface area contributed by atoms with E-state index < -0.39 is 24.1 Å². The van der Waals surface area contributed by atoms with Gasteiger partial charge in [0.2, 0.25) is 17.7 Å². The van der Waals surface area contributed by atoms with Gasteiger partial charge in [-0.3, -0.25) is 14.6 Å². The number of anilines is 2. The number of carbonyl (C=O) groups is 2. The van der Waals surface area contributed by atoms with Crippen LogP contribution in [0.25, 0.3) is 10.9 Å². The largest absolute Gasteiger partial charge is 0.491 e. The Morgan fingerprint density at radius 1 is 1.00 bits per heavy atom. The number of carbonyl (C=O) groups excluding carboxylic acids is 2. The number of hydrogen-bond acceptors (Lipinski definition) is 8. The maximum absolute atomic E-state index is 13.0. The predicted molar refractivity (Wildman–Crippen MR) is 157 cm³/mol. The van der Waals surface area contributed by atoms with Gasteiger partial charge in [-0.25, -0.2) is 9.37 Å². The van der Waals surface area contributed by atoms with Crippen LogP contribution in [0.1, 0.15) is 19.3 Å². The molecule has 0 spiro atoms. The molecule has 42 heavy (non-hydrogen) atoms. The van der Waals surface area contributed by atoms with Gasteiger partial charge in [0, 0.05) is 17.3 Å². The third-order valence-corrected chi connectivity index (χ3v) is 6.95. The second kappa shape index (κ2) is 13.5. The highest BCUT2D eigenvalue weighted by atomic mass is 35.5. The topological polar surface area (TPSA) is 124 Å². The molecule has 2 amide bonds. The second-order valence-electron chi connectivity index (χ2n) is 9.70. The number of methoxy groups -OCH3 is 1. The van der Waals surface area contributed by atoms with E-state index in [1.165, 1.54) is 36.5 Å². The zero-order chi connectivity index (χ0) is 29.5. The van der Waals surface area contributed by atoms with Crippen molar-refractivity contribution in [2.24, 2.45) is 5.92 Å². The van der Waals surface area contributed by atoms with Crippen LogP contribution >= 0.6 is 11.6 Å². The van der Waals surface area contributed by atoms with Gasteiger partial charge in [-0.1, -0.05) is 11.6 Å². The molecule has 0 atom stereocenters. The van der Waals surface area contributed by atoms with Gasteiger partial charge in [-0.15, -0.1) is 0 Å². The Morgan fingerprint density at radius 2 is 1.74 bits per heavy atom. The number of benzene rings is 2. The Morgan fingerprint density at radius 3 is 2.45 bits per heavy atom. The Labute approximate surface area is 246 Å². The number of pyridine rings is 2. The van der Waals surface area contributed by atoms with Crippen LogP contribution in [0.3, 0.4) is 0 Å². The molecule has 0 bridgehead atoms. The Kier molecular flexibility index (Phi) is 9.30. The summed E-state index contributed by atoms with van der Waals surface area (Å²) in [6, 6.07) is 12.1. The third-order valence-electron chi connectivity index (χ3n) is 6.67. The number of rotatable bonds is 10. The number of nitrogens with zero attached hydrogens (tertiary/aromatic N) is 2. The Hall–Kier alpha value is -4.48. The van der Waals surface area contributed by atoms with Crippen LogP contribution in [0.2, 0.25) is 5.02 Å². The lowest BCUT2D eigenvalue weighted by atomic mass is 9.99.